The summed E-state index contributed by atoms with van der Waals surface area (Å²) >= 11 is 0. The van der Waals surface area contributed by atoms with Crippen molar-refractivity contribution in [1.82, 2.24) is 0 Å². The highest BCUT2D eigenvalue weighted by molar-refractivity contribution is 5.98. The first kappa shape index (κ1) is 30.9. The molecule has 0 fully saturated rings. The summed E-state index contributed by atoms with van der Waals surface area (Å²) in [6.07, 6.45) is -28.2. The monoisotopic (exact) mass is 556 g/mol. The number of carbonyl (C=O) groups excluding carboxylic acids is 1. The predicted molar refractivity (Wildman–Crippen MR) is 88.6 cm³/mol. The number of likely N-dealkylation sites (N-methyl/N-ethyl adjacent to an activating group) is 1. The minimum atomic E-state index is -7.46. The lowest BCUT2D eigenvalue weighted by atomic mass is 10.2. The SMILES string of the molecule is C=C(F)C(F)(F)OC(F)(C(F)(F)F)C(F)(F)OC(F)(C(=O)N(C)c1ccc([N+](=O)[O-])cc1)C(F)(F)F. The lowest BCUT2D eigenvalue weighted by Crippen LogP contribution is -2.67. The second kappa shape index (κ2) is 9.37. The van der Waals surface area contributed by atoms with E-state index in [1.165, 1.54) is 0 Å². The summed E-state index contributed by atoms with van der Waals surface area (Å²) < 4.78 is 178. The number of hydrogen-bond acceptors (Lipinski definition) is 5. The molecule has 0 bridgehead atoms. The average Bonchev–Trinajstić information content (AvgIpc) is 2.70. The van der Waals surface area contributed by atoms with Gasteiger partial charge in [0.1, 0.15) is 0 Å². The Morgan fingerprint density at radius 3 is 1.67 bits per heavy atom. The van der Waals surface area contributed by atoms with Gasteiger partial charge in [0.2, 0.25) is 0 Å². The Hall–Kier alpha value is -3.16. The molecule has 1 aromatic carbocycles. The van der Waals surface area contributed by atoms with Crippen LogP contribution < -0.4 is 4.90 Å². The molecule has 0 radical (unpaired) electrons. The third kappa shape index (κ3) is 5.63. The van der Waals surface area contributed by atoms with E-state index in [0.29, 0.717) is 24.3 Å². The van der Waals surface area contributed by atoms with Crippen LogP contribution in [0.5, 0.6) is 0 Å². The molecule has 0 heterocycles. The summed E-state index contributed by atoms with van der Waals surface area (Å²) in [5.74, 6) is -20.6. The molecule has 0 spiro atoms. The molecular weight excluding hydrogens is 547 g/mol. The molecule has 1 rings (SSSR count). The number of alkyl halides is 12. The van der Waals surface area contributed by atoms with Gasteiger partial charge >= 0.3 is 42.2 Å². The average molecular weight is 556 g/mol. The minimum Gasteiger partial charge on any atom is -0.310 e. The Labute approximate surface area is 189 Å². The molecule has 20 heteroatoms. The quantitative estimate of drug-likeness (QED) is 0.221. The molecule has 0 saturated heterocycles. The first-order valence-electron chi connectivity index (χ1n) is 8.39. The van der Waals surface area contributed by atoms with Crippen LogP contribution in [0, 0.1) is 10.1 Å². The standard InChI is InChI=1S/C16H9F13N2O5/c1-7(17)12(19,20)36-13(21,15(25,26)27)16(28,29)35-11(18,14(22,23)24)10(32)30(2)8-3-5-9(6-4-8)31(33)34/h3-6H,1H2,2H3. The van der Waals surface area contributed by atoms with Crippen LogP contribution in [-0.4, -0.2) is 54.2 Å². The fourth-order valence-corrected chi connectivity index (χ4v) is 2.11. The van der Waals surface area contributed by atoms with Gasteiger partial charge in [-0.05, 0) is 12.1 Å². The van der Waals surface area contributed by atoms with E-state index >= 15 is 0 Å². The number of nitro benzene ring substituents is 1. The van der Waals surface area contributed by atoms with Gasteiger partial charge in [-0.2, -0.15) is 52.7 Å². The molecule has 1 aromatic rings. The van der Waals surface area contributed by atoms with Crippen LogP contribution in [0.2, 0.25) is 0 Å². The number of carbonyl (C=O) groups is 1. The van der Waals surface area contributed by atoms with Crippen LogP contribution in [-0.2, 0) is 14.3 Å². The highest BCUT2D eigenvalue weighted by atomic mass is 19.4. The number of ether oxygens (including phenoxy) is 2. The summed E-state index contributed by atoms with van der Waals surface area (Å²) in [4.78, 5) is 21.0. The van der Waals surface area contributed by atoms with Crippen LogP contribution in [0.3, 0.4) is 0 Å². The van der Waals surface area contributed by atoms with Gasteiger partial charge in [0.25, 0.3) is 5.69 Å². The van der Waals surface area contributed by atoms with E-state index in [2.05, 4.69) is 4.74 Å². The van der Waals surface area contributed by atoms with Crippen molar-refractivity contribution in [3.05, 3.63) is 46.8 Å². The number of hydrogen-bond donors (Lipinski definition) is 0. The number of rotatable bonds is 9. The lowest BCUT2D eigenvalue weighted by Gasteiger charge is -2.39. The van der Waals surface area contributed by atoms with Crippen molar-refractivity contribution in [2.75, 3.05) is 11.9 Å². The summed E-state index contributed by atoms with van der Waals surface area (Å²) in [6.45, 7) is 1.67. The number of anilines is 1. The smallest absolute Gasteiger partial charge is 0.310 e. The number of nitrogens with zero attached hydrogens (tertiary/aromatic N) is 2. The van der Waals surface area contributed by atoms with Crippen LogP contribution in [0.1, 0.15) is 0 Å². The lowest BCUT2D eigenvalue weighted by molar-refractivity contribution is -0.521. The van der Waals surface area contributed by atoms with Crippen molar-refractivity contribution in [3.8, 4) is 0 Å². The van der Waals surface area contributed by atoms with Gasteiger partial charge in [0, 0.05) is 24.9 Å². The van der Waals surface area contributed by atoms with E-state index < -0.39 is 69.2 Å². The third-order valence-electron chi connectivity index (χ3n) is 3.98. The van der Waals surface area contributed by atoms with Gasteiger partial charge in [-0.1, -0.05) is 6.58 Å². The van der Waals surface area contributed by atoms with Crippen molar-refractivity contribution in [3.63, 3.8) is 0 Å². The zero-order valence-electron chi connectivity index (χ0n) is 16.9. The highest BCUT2D eigenvalue weighted by Crippen LogP contribution is 2.53. The molecule has 36 heavy (non-hydrogen) atoms. The van der Waals surface area contributed by atoms with Gasteiger partial charge in [-0.3, -0.25) is 24.4 Å². The Kier molecular flexibility index (Phi) is 8.04. The second-order valence-corrected chi connectivity index (χ2v) is 6.47. The van der Waals surface area contributed by atoms with Crippen LogP contribution >= 0.6 is 0 Å². The molecule has 0 N–H and O–H groups in total. The molecule has 2 unspecified atom stereocenters. The molecule has 0 aliphatic rings. The van der Waals surface area contributed by atoms with Crippen molar-refractivity contribution in [1.29, 1.82) is 0 Å². The first-order chi connectivity index (χ1) is 15.8. The maximum atomic E-state index is 14.6. The molecule has 0 aromatic heterocycles. The maximum Gasteiger partial charge on any atom is 0.458 e. The van der Waals surface area contributed by atoms with Crippen molar-refractivity contribution in [2.45, 2.75) is 36.3 Å². The predicted octanol–water partition coefficient (Wildman–Crippen LogP) is 5.72. The number of non-ortho nitro benzene ring substituents is 1. The van der Waals surface area contributed by atoms with E-state index in [-0.39, 0.29) is 7.05 Å². The summed E-state index contributed by atoms with van der Waals surface area (Å²) in [6, 6.07) is 1.93. The fourth-order valence-electron chi connectivity index (χ4n) is 2.11. The fraction of sp³-hybridized carbons (Fsp3) is 0.438. The molecule has 0 aliphatic heterocycles. The molecule has 2 atom stereocenters. The minimum absolute atomic E-state index is 0.190. The van der Waals surface area contributed by atoms with E-state index in [1.807, 2.05) is 4.74 Å². The van der Waals surface area contributed by atoms with Crippen LogP contribution in [0.15, 0.2) is 36.7 Å². The van der Waals surface area contributed by atoms with E-state index in [4.69, 9.17) is 0 Å². The number of amides is 1. The van der Waals surface area contributed by atoms with Crippen LogP contribution in [0.4, 0.5) is 68.5 Å². The summed E-state index contributed by atoms with van der Waals surface area (Å²) in [5.41, 5.74) is -1.67. The van der Waals surface area contributed by atoms with Crippen molar-refractivity contribution in [2.24, 2.45) is 0 Å². The zero-order valence-corrected chi connectivity index (χ0v) is 16.9. The van der Waals surface area contributed by atoms with Crippen molar-refractivity contribution >= 4 is 17.3 Å². The first-order valence-corrected chi connectivity index (χ1v) is 8.39. The van der Waals surface area contributed by atoms with Gasteiger partial charge < -0.3 is 4.90 Å². The Morgan fingerprint density at radius 2 is 1.33 bits per heavy atom. The van der Waals surface area contributed by atoms with Crippen LogP contribution in [0.25, 0.3) is 0 Å². The Morgan fingerprint density at radius 1 is 0.889 bits per heavy atom. The molecule has 7 nitrogen and oxygen atoms in total. The van der Waals surface area contributed by atoms with E-state index in [1.54, 1.807) is 6.58 Å². The number of halogens is 13. The van der Waals surface area contributed by atoms with Gasteiger partial charge in [-0.15, -0.1) is 0 Å². The third-order valence-corrected chi connectivity index (χ3v) is 3.98. The van der Waals surface area contributed by atoms with Gasteiger partial charge in [0.05, 0.1) is 4.92 Å². The summed E-state index contributed by atoms with van der Waals surface area (Å²) in [7, 11) is 0.190. The molecule has 204 valence electrons. The maximum absolute atomic E-state index is 14.6. The topological polar surface area (TPSA) is 81.9 Å². The second-order valence-electron chi connectivity index (χ2n) is 6.47. The number of nitro groups is 1. The van der Waals surface area contributed by atoms with E-state index in [0.717, 1.165) is 0 Å². The summed E-state index contributed by atoms with van der Waals surface area (Å²) in [5, 5.41) is 10.6. The zero-order chi connectivity index (χ0) is 28.7. The highest BCUT2D eigenvalue weighted by Gasteiger charge is 2.81. The Bertz CT molecular complexity index is 1010. The molecule has 0 saturated carbocycles. The Balaban J connectivity index is 3.60. The molecule has 1 amide bonds. The molecule has 0 aliphatic carbocycles. The largest absolute Gasteiger partial charge is 0.458 e. The van der Waals surface area contributed by atoms with E-state index in [9.17, 15) is 72.0 Å². The normalized spacial score (nSPS) is 16.6. The molecular formula is C16H9F13N2O5. The number of benzene rings is 1. The van der Waals surface area contributed by atoms with Gasteiger partial charge in [-0.25, -0.2) is 4.39 Å². The van der Waals surface area contributed by atoms with Gasteiger partial charge in [0.15, 0.2) is 5.83 Å². The van der Waals surface area contributed by atoms with Crippen molar-refractivity contribution < 1.29 is 76.3 Å².